The molecule has 2 atom stereocenters. The van der Waals surface area contributed by atoms with Gasteiger partial charge in [0.05, 0.1) is 11.9 Å². The average Bonchev–Trinajstić information content (AvgIpc) is 2.68. The van der Waals surface area contributed by atoms with E-state index in [4.69, 9.17) is 0 Å². The molecule has 0 aliphatic carbocycles. The Bertz CT molecular complexity index is 374. The smallest absolute Gasteiger partial charge is 0.0553 e. The zero-order valence-corrected chi connectivity index (χ0v) is 10.5. The first-order chi connectivity index (χ1) is 8.33. The summed E-state index contributed by atoms with van der Waals surface area (Å²) < 4.78 is 0. The highest BCUT2D eigenvalue weighted by Crippen LogP contribution is 2.27. The lowest BCUT2D eigenvalue weighted by molar-refractivity contribution is 0.445. The van der Waals surface area contributed by atoms with Gasteiger partial charge in [0.15, 0.2) is 0 Å². The SMILES string of the molecule is Cc1ccc(N2CCC[C@H]3CCN[C@H]3C2)cn1. The van der Waals surface area contributed by atoms with Gasteiger partial charge < -0.3 is 10.2 Å². The van der Waals surface area contributed by atoms with Crippen LogP contribution in [0.15, 0.2) is 18.3 Å². The Morgan fingerprint density at radius 3 is 3.12 bits per heavy atom. The summed E-state index contributed by atoms with van der Waals surface area (Å²) in [7, 11) is 0. The molecular weight excluding hydrogens is 210 g/mol. The lowest BCUT2D eigenvalue weighted by Gasteiger charge is -2.26. The molecule has 1 aromatic rings. The van der Waals surface area contributed by atoms with Crippen molar-refractivity contribution in [3.63, 3.8) is 0 Å². The summed E-state index contributed by atoms with van der Waals surface area (Å²) in [6.07, 6.45) is 6.08. The monoisotopic (exact) mass is 231 g/mol. The minimum atomic E-state index is 0.693. The quantitative estimate of drug-likeness (QED) is 0.801. The number of pyridine rings is 1. The van der Waals surface area contributed by atoms with Crippen LogP contribution in [0.2, 0.25) is 0 Å². The first-order valence-electron chi connectivity index (χ1n) is 6.74. The van der Waals surface area contributed by atoms with Gasteiger partial charge in [0, 0.05) is 24.8 Å². The number of aryl methyl sites for hydroxylation is 1. The molecule has 92 valence electrons. The van der Waals surface area contributed by atoms with E-state index >= 15 is 0 Å². The van der Waals surface area contributed by atoms with E-state index in [2.05, 4.69) is 27.3 Å². The van der Waals surface area contributed by atoms with E-state index in [1.54, 1.807) is 0 Å². The molecule has 2 aliphatic rings. The lowest BCUT2D eigenvalue weighted by atomic mass is 9.97. The zero-order chi connectivity index (χ0) is 11.7. The fourth-order valence-corrected chi connectivity index (χ4v) is 3.14. The van der Waals surface area contributed by atoms with Crippen molar-refractivity contribution in [3.05, 3.63) is 24.0 Å². The van der Waals surface area contributed by atoms with Crippen molar-refractivity contribution >= 4 is 5.69 Å². The molecule has 0 radical (unpaired) electrons. The first kappa shape index (κ1) is 11.0. The van der Waals surface area contributed by atoms with Gasteiger partial charge in [0.2, 0.25) is 0 Å². The van der Waals surface area contributed by atoms with Gasteiger partial charge in [-0.3, -0.25) is 4.98 Å². The van der Waals surface area contributed by atoms with Gasteiger partial charge in [0.1, 0.15) is 0 Å². The molecule has 1 aromatic heterocycles. The Morgan fingerprint density at radius 1 is 1.35 bits per heavy atom. The summed E-state index contributed by atoms with van der Waals surface area (Å²) in [5.41, 5.74) is 2.38. The molecule has 17 heavy (non-hydrogen) atoms. The molecule has 1 N–H and O–H groups in total. The topological polar surface area (TPSA) is 28.2 Å². The highest BCUT2D eigenvalue weighted by atomic mass is 15.2. The van der Waals surface area contributed by atoms with E-state index in [1.807, 2.05) is 13.1 Å². The summed E-state index contributed by atoms with van der Waals surface area (Å²) in [6, 6.07) is 5.01. The largest absolute Gasteiger partial charge is 0.369 e. The van der Waals surface area contributed by atoms with Crippen LogP contribution in [0.25, 0.3) is 0 Å². The minimum absolute atomic E-state index is 0.693. The van der Waals surface area contributed by atoms with Gasteiger partial charge in [-0.1, -0.05) is 0 Å². The van der Waals surface area contributed by atoms with Crippen LogP contribution in [0.4, 0.5) is 5.69 Å². The number of fused-ring (bicyclic) bond motifs is 1. The maximum absolute atomic E-state index is 4.41. The van der Waals surface area contributed by atoms with Gasteiger partial charge in [0.25, 0.3) is 0 Å². The Hall–Kier alpha value is -1.09. The van der Waals surface area contributed by atoms with E-state index in [0.29, 0.717) is 6.04 Å². The molecule has 3 nitrogen and oxygen atoms in total. The Labute approximate surface area is 103 Å². The molecular formula is C14H21N3. The predicted molar refractivity (Wildman–Crippen MR) is 70.3 cm³/mol. The Balaban J connectivity index is 1.76. The molecule has 2 aliphatic heterocycles. The number of hydrogen-bond donors (Lipinski definition) is 1. The molecule has 0 amide bonds. The number of anilines is 1. The van der Waals surface area contributed by atoms with Crippen molar-refractivity contribution in [1.82, 2.24) is 10.3 Å². The molecule has 0 saturated carbocycles. The zero-order valence-electron chi connectivity index (χ0n) is 10.5. The second kappa shape index (κ2) is 4.65. The molecule has 0 aromatic carbocycles. The lowest BCUT2D eigenvalue weighted by Crippen LogP contribution is -2.38. The van der Waals surface area contributed by atoms with Crippen LogP contribution < -0.4 is 10.2 Å². The fourth-order valence-electron chi connectivity index (χ4n) is 3.14. The van der Waals surface area contributed by atoms with Crippen LogP contribution in [-0.4, -0.2) is 30.7 Å². The predicted octanol–water partition coefficient (Wildman–Crippen LogP) is 1.97. The first-order valence-corrected chi connectivity index (χ1v) is 6.74. The summed E-state index contributed by atoms with van der Waals surface area (Å²) in [4.78, 5) is 6.90. The van der Waals surface area contributed by atoms with Gasteiger partial charge in [-0.25, -0.2) is 0 Å². The van der Waals surface area contributed by atoms with Gasteiger partial charge in [-0.15, -0.1) is 0 Å². The van der Waals surface area contributed by atoms with Crippen molar-refractivity contribution in [2.24, 2.45) is 5.92 Å². The third kappa shape index (κ3) is 2.29. The van der Waals surface area contributed by atoms with Crippen molar-refractivity contribution in [1.29, 1.82) is 0 Å². The summed E-state index contributed by atoms with van der Waals surface area (Å²) in [6.45, 7) is 5.57. The third-order valence-corrected chi connectivity index (χ3v) is 4.17. The van der Waals surface area contributed by atoms with Crippen molar-refractivity contribution < 1.29 is 0 Å². The van der Waals surface area contributed by atoms with Crippen LogP contribution in [0.5, 0.6) is 0 Å². The van der Waals surface area contributed by atoms with Crippen LogP contribution in [-0.2, 0) is 0 Å². The molecule has 0 spiro atoms. The van der Waals surface area contributed by atoms with E-state index in [1.165, 1.54) is 38.0 Å². The molecule has 0 unspecified atom stereocenters. The maximum atomic E-state index is 4.41. The second-order valence-electron chi connectivity index (χ2n) is 5.36. The number of nitrogens with one attached hydrogen (secondary N) is 1. The normalized spacial score (nSPS) is 28.9. The fraction of sp³-hybridized carbons (Fsp3) is 0.643. The van der Waals surface area contributed by atoms with Crippen LogP contribution in [0.3, 0.4) is 0 Å². The number of hydrogen-bond acceptors (Lipinski definition) is 3. The highest BCUT2D eigenvalue weighted by molar-refractivity contribution is 5.45. The maximum Gasteiger partial charge on any atom is 0.0553 e. The van der Waals surface area contributed by atoms with Gasteiger partial charge >= 0.3 is 0 Å². The van der Waals surface area contributed by atoms with Crippen LogP contribution in [0, 0.1) is 12.8 Å². The Morgan fingerprint density at radius 2 is 2.29 bits per heavy atom. The average molecular weight is 231 g/mol. The summed E-state index contributed by atoms with van der Waals surface area (Å²) >= 11 is 0. The van der Waals surface area contributed by atoms with E-state index in [9.17, 15) is 0 Å². The molecule has 3 rings (SSSR count). The standard InChI is InChI=1S/C14H21N3/c1-11-4-5-13(9-16-11)17-8-2-3-12-6-7-15-14(12)10-17/h4-5,9,12,14-15H,2-3,6-8,10H2,1H3/t12-,14-/m0/s1. The van der Waals surface area contributed by atoms with Crippen molar-refractivity contribution in [3.8, 4) is 0 Å². The summed E-state index contributed by atoms with van der Waals surface area (Å²) in [5.74, 6) is 0.901. The second-order valence-corrected chi connectivity index (χ2v) is 5.36. The van der Waals surface area contributed by atoms with E-state index in [-0.39, 0.29) is 0 Å². The Kier molecular flexibility index (Phi) is 3.02. The van der Waals surface area contributed by atoms with Gasteiger partial charge in [-0.2, -0.15) is 0 Å². The molecule has 0 bridgehead atoms. The highest BCUT2D eigenvalue weighted by Gasteiger charge is 2.30. The van der Waals surface area contributed by atoms with Crippen molar-refractivity contribution in [2.75, 3.05) is 24.5 Å². The van der Waals surface area contributed by atoms with Gasteiger partial charge in [-0.05, 0) is 50.8 Å². The molecule has 2 fully saturated rings. The number of aromatic nitrogens is 1. The number of rotatable bonds is 1. The molecule has 3 heteroatoms. The summed E-state index contributed by atoms with van der Waals surface area (Å²) in [5, 5.41) is 3.65. The third-order valence-electron chi connectivity index (χ3n) is 4.17. The molecule has 2 saturated heterocycles. The number of nitrogens with zero attached hydrogens (tertiary/aromatic N) is 2. The minimum Gasteiger partial charge on any atom is -0.369 e. The molecule has 3 heterocycles. The van der Waals surface area contributed by atoms with Crippen LogP contribution in [0.1, 0.15) is 25.0 Å². The van der Waals surface area contributed by atoms with E-state index in [0.717, 1.165) is 18.2 Å². The van der Waals surface area contributed by atoms with Crippen LogP contribution >= 0.6 is 0 Å². The van der Waals surface area contributed by atoms with E-state index < -0.39 is 0 Å². The van der Waals surface area contributed by atoms with Crippen molar-refractivity contribution in [2.45, 2.75) is 32.2 Å².